The van der Waals surface area contributed by atoms with Gasteiger partial charge in [-0.2, -0.15) is 11.8 Å². The van der Waals surface area contributed by atoms with E-state index in [4.69, 9.17) is 4.74 Å². The lowest BCUT2D eigenvalue weighted by molar-refractivity contribution is 0.0821. The Labute approximate surface area is 113 Å². The van der Waals surface area contributed by atoms with Crippen molar-refractivity contribution in [1.82, 2.24) is 5.32 Å². The molecule has 3 heteroatoms. The van der Waals surface area contributed by atoms with E-state index in [9.17, 15) is 0 Å². The minimum absolute atomic E-state index is 0.407. The fraction of sp³-hybridized carbons (Fsp3) is 0.600. The summed E-state index contributed by atoms with van der Waals surface area (Å²) in [7, 11) is 1.84. The summed E-state index contributed by atoms with van der Waals surface area (Å²) in [5.41, 5.74) is 3.00. The SMILES string of the molecule is COC1CCCC1NC1CSCc2ccccc21. The summed E-state index contributed by atoms with van der Waals surface area (Å²) < 4.78 is 5.58. The van der Waals surface area contributed by atoms with Gasteiger partial charge in [-0.3, -0.25) is 0 Å². The van der Waals surface area contributed by atoms with Gasteiger partial charge in [-0.05, 0) is 30.4 Å². The molecule has 0 radical (unpaired) electrons. The number of benzene rings is 1. The van der Waals surface area contributed by atoms with Crippen LogP contribution in [0.1, 0.15) is 36.4 Å². The third-order valence-electron chi connectivity index (χ3n) is 4.14. The van der Waals surface area contributed by atoms with Gasteiger partial charge in [0.2, 0.25) is 0 Å². The van der Waals surface area contributed by atoms with Crippen LogP contribution in [0, 0.1) is 0 Å². The Morgan fingerprint density at radius 2 is 2.17 bits per heavy atom. The van der Waals surface area contributed by atoms with Crippen LogP contribution in [-0.4, -0.2) is 25.0 Å². The summed E-state index contributed by atoms with van der Waals surface area (Å²) in [6.45, 7) is 0. The van der Waals surface area contributed by atoms with Gasteiger partial charge in [0.05, 0.1) is 6.10 Å². The molecule has 0 aromatic heterocycles. The van der Waals surface area contributed by atoms with Crippen molar-refractivity contribution in [3.63, 3.8) is 0 Å². The predicted molar refractivity (Wildman–Crippen MR) is 76.9 cm³/mol. The zero-order chi connectivity index (χ0) is 12.4. The summed E-state index contributed by atoms with van der Waals surface area (Å²) in [6.07, 6.45) is 4.15. The Hall–Kier alpha value is -0.510. The van der Waals surface area contributed by atoms with Gasteiger partial charge in [-0.25, -0.2) is 0 Å². The number of fused-ring (bicyclic) bond motifs is 1. The number of methoxy groups -OCH3 is 1. The van der Waals surface area contributed by atoms with E-state index in [0.29, 0.717) is 18.2 Å². The molecule has 98 valence electrons. The summed E-state index contributed by atoms with van der Waals surface area (Å²) in [4.78, 5) is 0. The molecular weight excluding hydrogens is 242 g/mol. The molecule has 0 amide bonds. The molecule has 1 saturated carbocycles. The van der Waals surface area contributed by atoms with Crippen molar-refractivity contribution in [2.45, 2.75) is 43.2 Å². The van der Waals surface area contributed by atoms with Gasteiger partial charge < -0.3 is 10.1 Å². The van der Waals surface area contributed by atoms with Gasteiger partial charge in [-0.15, -0.1) is 0 Å². The van der Waals surface area contributed by atoms with E-state index >= 15 is 0 Å². The summed E-state index contributed by atoms with van der Waals surface area (Å²) in [5, 5.41) is 3.83. The van der Waals surface area contributed by atoms with Crippen molar-refractivity contribution in [3.8, 4) is 0 Å². The van der Waals surface area contributed by atoms with Crippen LogP contribution >= 0.6 is 11.8 Å². The lowest BCUT2D eigenvalue weighted by Gasteiger charge is -2.30. The summed E-state index contributed by atoms with van der Waals surface area (Å²) in [5.74, 6) is 2.34. The molecule has 3 atom stereocenters. The van der Waals surface area contributed by atoms with Crippen LogP contribution in [0.4, 0.5) is 0 Å². The Bertz CT molecular complexity index is 409. The first-order valence-electron chi connectivity index (χ1n) is 6.83. The van der Waals surface area contributed by atoms with Crippen LogP contribution in [-0.2, 0) is 10.5 Å². The van der Waals surface area contributed by atoms with E-state index in [0.717, 1.165) is 5.75 Å². The largest absolute Gasteiger partial charge is 0.380 e. The maximum atomic E-state index is 5.58. The van der Waals surface area contributed by atoms with Crippen molar-refractivity contribution in [2.75, 3.05) is 12.9 Å². The standard InChI is InChI=1S/C15H21NOS/c1-17-15-8-4-7-13(15)16-14-10-18-9-11-5-2-3-6-12(11)14/h2-3,5-6,13-16H,4,7-10H2,1H3. The molecule has 18 heavy (non-hydrogen) atoms. The lowest BCUT2D eigenvalue weighted by atomic mass is 10.0. The Morgan fingerprint density at radius 3 is 3.06 bits per heavy atom. The van der Waals surface area contributed by atoms with E-state index in [1.807, 2.05) is 18.9 Å². The third-order valence-corrected chi connectivity index (χ3v) is 5.23. The second-order valence-electron chi connectivity index (χ2n) is 5.24. The van der Waals surface area contributed by atoms with Crippen molar-refractivity contribution in [1.29, 1.82) is 0 Å². The zero-order valence-electron chi connectivity index (χ0n) is 10.9. The van der Waals surface area contributed by atoms with E-state index in [1.54, 1.807) is 0 Å². The highest BCUT2D eigenvalue weighted by Gasteiger charge is 2.30. The quantitative estimate of drug-likeness (QED) is 0.905. The number of hydrogen-bond donors (Lipinski definition) is 1. The van der Waals surface area contributed by atoms with Crippen molar-refractivity contribution < 1.29 is 4.74 Å². The van der Waals surface area contributed by atoms with E-state index < -0.39 is 0 Å². The molecule has 0 spiro atoms. The fourth-order valence-electron chi connectivity index (χ4n) is 3.18. The predicted octanol–water partition coefficient (Wildman–Crippen LogP) is 3.13. The smallest absolute Gasteiger partial charge is 0.0724 e. The first kappa shape index (κ1) is 12.5. The first-order valence-corrected chi connectivity index (χ1v) is 7.98. The molecule has 3 rings (SSSR count). The number of rotatable bonds is 3. The van der Waals surface area contributed by atoms with Gasteiger partial charge in [0.15, 0.2) is 0 Å². The van der Waals surface area contributed by atoms with Crippen LogP contribution in [0.5, 0.6) is 0 Å². The number of hydrogen-bond acceptors (Lipinski definition) is 3. The van der Waals surface area contributed by atoms with E-state index in [1.165, 1.54) is 36.1 Å². The highest BCUT2D eigenvalue weighted by atomic mass is 32.2. The molecule has 1 fully saturated rings. The fourth-order valence-corrected chi connectivity index (χ4v) is 4.29. The molecule has 1 aromatic carbocycles. The normalized spacial score (nSPS) is 31.3. The van der Waals surface area contributed by atoms with Gasteiger partial charge >= 0.3 is 0 Å². The first-order chi connectivity index (χ1) is 8.88. The Balaban J connectivity index is 1.74. The number of thioether (sulfide) groups is 1. The molecule has 0 saturated heterocycles. The van der Waals surface area contributed by atoms with Crippen LogP contribution in [0.25, 0.3) is 0 Å². The monoisotopic (exact) mass is 263 g/mol. The van der Waals surface area contributed by atoms with Gasteiger partial charge in [0.1, 0.15) is 0 Å². The van der Waals surface area contributed by atoms with E-state index in [-0.39, 0.29) is 0 Å². The lowest BCUT2D eigenvalue weighted by Crippen LogP contribution is -2.41. The molecule has 0 bridgehead atoms. The number of ether oxygens (including phenoxy) is 1. The molecule has 1 heterocycles. The zero-order valence-corrected chi connectivity index (χ0v) is 11.7. The minimum atomic E-state index is 0.407. The summed E-state index contributed by atoms with van der Waals surface area (Å²) in [6, 6.07) is 9.89. The molecule has 1 N–H and O–H groups in total. The van der Waals surface area contributed by atoms with Crippen molar-refractivity contribution >= 4 is 11.8 Å². The molecule has 1 aliphatic heterocycles. The molecule has 3 unspecified atom stereocenters. The van der Waals surface area contributed by atoms with Crippen LogP contribution < -0.4 is 5.32 Å². The number of nitrogens with one attached hydrogen (secondary N) is 1. The molecule has 1 aromatic rings. The van der Waals surface area contributed by atoms with Crippen LogP contribution in [0.3, 0.4) is 0 Å². The van der Waals surface area contributed by atoms with Crippen molar-refractivity contribution in [2.24, 2.45) is 0 Å². The van der Waals surface area contributed by atoms with Crippen LogP contribution in [0.2, 0.25) is 0 Å². The Morgan fingerprint density at radius 1 is 1.28 bits per heavy atom. The average molecular weight is 263 g/mol. The summed E-state index contributed by atoms with van der Waals surface area (Å²) >= 11 is 2.03. The highest BCUT2D eigenvalue weighted by Crippen LogP contribution is 2.33. The third kappa shape index (κ3) is 2.44. The Kier molecular flexibility index (Phi) is 3.92. The average Bonchev–Trinajstić information content (AvgIpc) is 2.86. The maximum absolute atomic E-state index is 5.58. The molecule has 1 aliphatic carbocycles. The van der Waals surface area contributed by atoms with Gasteiger partial charge in [0, 0.05) is 30.7 Å². The van der Waals surface area contributed by atoms with Gasteiger partial charge in [0.25, 0.3) is 0 Å². The van der Waals surface area contributed by atoms with Gasteiger partial charge in [-0.1, -0.05) is 24.3 Å². The molecule has 2 aliphatic rings. The maximum Gasteiger partial charge on any atom is 0.0724 e. The minimum Gasteiger partial charge on any atom is -0.380 e. The highest BCUT2D eigenvalue weighted by molar-refractivity contribution is 7.98. The molecular formula is C15H21NOS. The van der Waals surface area contributed by atoms with Crippen molar-refractivity contribution in [3.05, 3.63) is 35.4 Å². The second kappa shape index (κ2) is 5.64. The van der Waals surface area contributed by atoms with E-state index in [2.05, 4.69) is 29.6 Å². The second-order valence-corrected chi connectivity index (χ2v) is 6.28. The molecule has 2 nitrogen and oxygen atoms in total. The topological polar surface area (TPSA) is 21.3 Å². The van der Waals surface area contributed by atoms with Crippen LogP contribution in [0.15, 0.2) is 24.3 Å².